The Morgan fingerprint density at radius 1 is 1.39 bits per heavy atom. The molecule has 2 unspecified atom stereocenters. The van der Waals surface area contributed by atoms with E-state index in [0.29, 0.717) is 18.6 Å². The zero-order valence-electron chi connectivity index (χ0n) is 10.7. The highest BCUT2D eigenvalue weighted by Gasteiger charge is 2.16. The summed E-state index contributed by atoms with van der Waals surface area (Å²) in [5.41, 5.74) is 0.778. The van der Waals surface area contributed by atoms with Crippen LogP contribution in [-0.2, 0) is 6.54 Å². The van der Waals surface area contributed by atoms with E-state index in [2.05, 4.69) is 17.6 Å². The Labute approximate surface area is 107 Å². The summed E-state index contributed by atoms with van der Waals surface area (Å²) in [5, 5.41) is 6.80. The maximum atomic E-state index is 13.0. The lowest BCUT2D eigenvalue weighted by molar-refractivity contribution is 0.438. The van der Waals surface area contributed by atoms with Crippen molar-refractivity contribution in [3.05, 3.63) is 35.4 Å². The second-order valence-corrected chi connectivity index (χ2v) is 5.06. The van der Waals surface area contributed by atoms with Gasteiger partial charge in [0.15, 0.2) is 11.6 Å². The number of nitrogens with one attached hydrogen (secondary N) is 2. The second-order valence-electron chi connectivity index (χ2n) is 5.06. The molecule has 4 heteroatoms. The number of benzene rings is 1. The minimum absolute atomic E-state index is 0.369. The van der Waals surface area contributed by atoms with Crippen LogP contribution in [0.3, 0.4) is 0 Å². The lowest BCUT2D eigenvalue weighted by Crippen LogP contribution is -2.33. The van der Waals surface area contributed by atoms with Crippen LogP contribution in [0.4, 0.5) is 8.78 Å². The smallest absolute Gasteiger partial charge is 0.159 e. The Hall–Kier alpha value is -1.00. The van der Waals surface area contributed by atoms with Crippen LogP contribution in [0.5, 0.6) is 0 Å². The quantitative estimate of drug-likeness (QED) is 0.844. The average molecular weight is 254 g/mol. The molecule has 2 N–H and O–H groups in total. The van der Waals surface area contributed by atoms with Crippen LogP contribution >= 0.6 is 0 Å². The molecule has 0 saturated carbocycles. The zero-order valence-corrected chi connectivity index (χ0v) is 10.7. The third-order valence-electron chi connectivity index (χ3n) is 3.44. The Morgan fingerprint density at radius 3 is 2.89 bits per heavy atom. The molecular weight excluding hydrogens is 234 g/mol. The van der Waals surface area contributed by atoms with E-state index >= 15 is 0 Å². The summed E-state index contributed by atoms with van der Waals surface area (Å²) in [7, 11) is 0. The molecule has 1 aliphatic heterocycles. The Kier molecular flexibility index (Phi) is 4.66. The van der Waals surface area contributed by atoms with Gasteiger partial charge >= 0.3 is 0 Å². The monoisotopic (exact) mass is 254 g/mol. The Morgan fingerprint density at radius 2 is 2.22 bits per heavy atom. The molecule has 0 spiro atoms. The van der Waals surface area contributed by atoms with E-state index in [1.54, 1.807) is 6.07 Å². The molecule has 1 saturated heterocycles. The molecule has 1 aromatic rings. The predicted octanol–water partition coefficient (Wildman–Crippen LogP) is 2.59. The number of hydrogen-bond donors (Lipinski definition) is 2. The third kappa shape index (κ3) is 3.75. The maximum absolute atomic E-state index is 13.0. The summed E-state index contributed by atoms with van der Waals surface area (Å²) in [4.78, 5) is 0. The molecule has 0 aromatic heterocycles. The molecular formula is C14H20F2N2. The van der Waals surface area contributed by atoms with Crippen molar-refractivity contribution in [2.45, 2.75) is 44.8 Å². The summed E-state index contributed by atoms with van der Waals surface area (Å²) < 4.78 is 25.8. The minimum Gasteiger partial charge on any atom is -0.314 e. The molecule has 0 bridgehead atoms. The third-order valence-corrected chi connectivity index (χ3v) is 3.44. The Bertz CT molecular complexity index is 389. The first kappa shape index (κ1) is 13.4. The molecule has 2 nitrogen and oxygen atoms in total. The fourth-order valence-corrected chi connectivity index (χ4v) is 2.41. The van der Waals surface area contributed by atoms with Crippen LogP contribution < -0.4 is 10.6 Å². The molecule has 1 aromatic carbocycles. The van der Waals surface area contributed by atoms with Crippen molar-refractivity contribution in [2.24, 2.45) is 0 Å². The van der Waals surface area contributed by atoms with Gasteiger partial charge in [0.1, 0.15) is 0 Å². The number of hydrogen-bond acceptors (Lipinski definition) is 2. The van der Waals surface area contributed by atoms with E-state index in [1.807, 2.05) is 0 Å². The largest absolute Gasteiger partial charge is 0.314 e. The van der Waals surface area contributed by atoms with Crippen molar-refractivity contribution in [3.8, 4) is 0 Å². The van der Waals surface area contributed by atoms with Crippen molar-refractivity contribution in [1.29, 1.82) is 0 Å². The first-order valence-electron chi connectivity index (χ1n) is 6.56. The van der Waals surface area contributed by atoms with E-state index in [1.165, 1.54) is 25.0 Å². The van der Waals surface area contributed by atoms with Gasteiger partial charge in [0, 0.05) is 18.6 Å². The SMILES string of the molecule is CC(CC1CCCN1)NCc1ccc(F)c(F)c1. The van der Waals surface area contributed by atoms with Crippen LogP contribution in [0.2, 0.25) is 0 Å². The van der Waals surface area contributed by atoms with E-state index < -0.39 is 11.6 Å². The fraction of sp³-hybridized carbons (Fsp3) is 0.571. The van der Waals surface area contributed by atoms with Crippen LogP contribution in [0, 0.1) is 11.6 Å². The van der Waals surface area contributed by atoms with Gasteiger partial charge in [-0.2, -0.15) is 0 Å². The van der Waals surface area contributed by atoms with Crippen molar-refractivity contribution >= 4 is 0 Å². The molecule has 1 aliphatic rings. The fourth-order valence-electron chi connectivity index (χ4n) is 2.41. The summed E-state index contributed by atoms with van der Waals surface area (Å²) >= 11 is 0. The van der Waals surface area contributed by atoms with Gasteiger partial charge in [0.25, 0.3) is 0 Å². The van der Waals surface area contributed by atoms with Crippen molar-refractivity contribution in [3.63, 3.8) is 0 Å². The highest BCUT2D eigenvalue weighted by molar-refractivity contribution is 5.17. The van der Waals surface area contributed by atoms with E-state index in [-0.39, 0.29) is 0 Å². The summed E-state index contributed by atoms with van der Waals surface area (Å²) in [6.07, 6.45) is 3.56. The van der Waals surface area contributed by atoms with E-state index in [9.17, 15) is 8.78 Å². The lowest BCUT2D eigenvalue weighted by Gasteiger charge is -2.18. The predicted molar refractivity (Wildman–Crippen MR) is 68.3 cm³/mol. The van der Waals surface area contributed by atoms with Gasteiger partial charge in [-0.3, -0.25) is 0 Å². The topological polar surface area (TPSA) is 24.1 Å². The summed E-state index contributed by atoms with van der Waals surface area (Å²) in [6.45, 7) is 3.81. The van der Waals surface area contributed by atoms with E-state index in [0.717, 1.165) is 18.5 Å². The van der Waals surface area contributed by atoms with Crippen molar-refractivity contribution in [1.82, 2.24) is 10.6 Å². The van der Waals surface area contributed by atoms with Crippen LogP contribution in [-0.4, -0.2) is 18.6 Å². The zero-order chi connectivity index (χ0) is 13.0. The summed E-state index contributed by atoms with van der Waals surface area (Å²) in [5.74, 6) is -1.57. The average Bonchev–Trinajstić information content (AvgIpc) is 2.83. The standard InChI is InChI=1S/C14H20F2N2/c1-10(7-12-3-2-6-17-12)18-9-11-4-5-13(15)14(16)8-11/h4-5,8,10,12,17-18H,2-3,6-7,9H2,1H3. The Balaban J connectivity index is 1.77. The van der Waals surface area contributed by atoms with Gasteiger partial charge in [-0.25, -0.2) is 8.78 Å². The van der Waals surface area contributed by atoms with Crippen LogP contribution in [0.15, 0.2) is 18.2 Å². The lowest BCUT2D eigenvalue weighted by atomic mass is 10.1. The van der Waals surface area contributed by atoms with Gasteiger partial charge in [-0.05, 0) is 50.4 Å². The normalized spacial score (nSPS) is 21.2. The van der Waals surface area contributed by atoms with Gasteiger partial charge < -0.3 is 10.6 Å². The number of rotatable bonds is 5. The van der Waals surface area contributed by atoms with Gasteiger partial charge in [-0.1, -0.05) is 6.07 Å². The molecule has 100 valence electrons. The van der Waals surface area contributed by atoms with Crippen LogP contribution in [0.1, 0.15) is 31.7 Å². The van der Waals surface area contributed by atoms with E-state index in [4.69, 9.17) is 0 Å². The molecule has 2 atom stereocenters. The molecule has 1 heterocycles. The van der Waals surface area contributed by atoms with Crippen molar-refractivity contribution < 1.29 is 8.78 Å². The van der Waals surface area contributed by atoms with Gasteiger partial charge in [-0.15, -0.1) is 0 Å². The molecule has 0 aliphatic carbocycles. The highest BCUT2D eigenvalue weighted by Crippen LogP contribution is 2.12. The molecule has 0 amide bonds. The minimum atomic E-state index is -0.790. The first-order chi connectivity index (χ1) is 8.65. The molecule has 1 fully saturated rings. The first-order valence-corrected chi connectivity index (χ1v) is 6.56. The highest BCUT2D eigenvalue weighted by atomic mass is 19.2. The second kappa shape index (κ2) is 6.25. The summed E-state index contributed by atoms with van der Waals surface area (Å²) in [6, 6.07) is 5.01. The van der Waals surface area contributed by atoms with Gasteiger partial charge in [0.05, 0.1) is 0 Å². The van der Waals surface area contributed by atoms with Crippen molar-refractivity contribution in [2.75, 3.05) is 6.54 Å². The number of halogens is 2. The maximum Gasteiger partial charge on any atom is 0.159 e. The van der Waals surface area contributed by atoms with Gasteiger partial charge in [0.2, 0.25) is 0 Å². The molecule has 18 heavy (non-hydrogen) atoms. The molecule has 0 radical (unpaired) electrons. The molecule has 2 rings (SSSR count). The van der Waals surface area contributed by atoms with Crippen LogP contribution in [0.25, 0.3) is 0 Å².